The van der Waals surface area contributed by atoms with Crippen LogP contribution in [-0.4, -0.2) is 38.8 Å². The van der Waals surface area contributed by atoms with Crippen LogP contribution in [0.3, 0.4) is 0 Å². The van der Waals surface area contributed by atoms with Gasteiger partial charge >= 0.3 is 0 Å². The number of ether oxygens (including phenoxy) is 1. The summed E-state index contributed by atoms with van der Waals surface area (Å²) in [6, 6.07) is 10.9. The first-order valence-electron chi connectivity index (χ1n) is 6.03. The number of nitrogens with zero attached hydrogens (tertiary/aromatic N) is 1. The van der Waals surface area contributed by atoms with Gasteiger partial charge in [-0.1, -0.05) is 30.3 Å². The predicted octanol–water partition coefficient (Wildman–Crippen LogP) is 2.37. The Kier molecular flexibility index (Phi) is 3.97. The zero-order chi connectivity index (χ0) is 11.4. The highest BCUT2D eigenvalue weighted by molar-refractivity contribution is 5.21. The van der Waals surface area contributed by atoms with Gasteiger partial charge in [-0.25, -0.2) is 0 Å². The molecule has 1 aliphatic heterocycles. The number of likely N-dealkylation sites (tertiary alicyclic amines) is 1. The van der Waals surface area contributed by atoms with E-state index in [-0.39, 0.29) is 0 Å². The van der Waals surface area contributed by atoms with Crippen molar-refractivity contribution in [2.24, 2.45) is 5.92 Å². The molecule has 2 nitrogen and oxygen atoms in total. The molecule has 0 aromatic heterocycles. The summed E-state index contributed by atoms with van der Waals surface area (Å²) in [6.45, 7) is 3.21. The molecule has 0 spiro atoms. The van der Waals surface area contributed by atoms with Gasteiger partial charge in [0.1, 0.15) is 0 Å². The second kappa shape index (κ2) is 5.46. The van der Waals surface area contributed by atoms with Gasteiger partial charge < -0.3 is 9.64 Å². The zero-order valence-electron chi connectivity index (χ0n) is 10.2. The topological polar surface area (TPSA) is 12.5 Å². The molecule has 1 aliphatic rings. The minimum absolute atomic E-state index is 0.631. The van der Waals surface area contributed by atoms with E-state index in [4.69, 9.17) is 4.74 Å². The van der Waals surface area contributed by atoms with Gasteiger partial charge in [0, 0.05) is 19.6 Å². The van der Waals surface area contributed by atoms with Crippen molar-refractivity contribution in [3.63, 3.8) is 0 Å². The van der Waals surface area contributed by atoms with Crippen LogP contribution in [0.5, 0.6) is 0 Å². The van der Waals surface area contributed by atoms with E-state index in [1.54, 1.807) is 7.11 Å². The first kappa shape index (κ1) is 11.6. The highest BCUT2D eigenvalue weighted by atomic mass is 16.5. The molecule has 0 saturated carbocycles. The van der Waals surface area contributed by atoms with Gasteiger partial charge in [-0.3, -0.25) is 0 Å². The van der Waals surface area contributed by atoms with Crippen molar-refractivity contribution in [2.75, 3.05) is 33.9 Å². The summed E-state index contributed by atoms with van der Waals surface area (Å²) in [7, 11) is 4.00. The normalized spacial score (nSPS) is 26.9. The molecule has 1 aromatic rings. The average molecular weight is 219 g/mol. The molecule has 1 saturated heterocycles. The van der Waals surface area contributed by atoms with E-state index in [0.717, 1.165) is 13.2 Å². The number of methoxy groups -OCH3 is 1. The van der Waals surface area contributed by atoms with E-state index < -0.39 is 0 Å². The Hall–Kier alpha value is -0.860. The molecule has 2 heteroatoms. The molecule has 0 aliphatic carbocycles. The van der Waals surface area contributed by atoms with Crippen molar-refractivity contribution in [1.82, 2.24) is 4.90 Å². The van der Waals surface area contributed by atoms with E-state index >= 15 is 0 Å². The lowest BCUT2D eigenvalue weighted by Gasteiger charge is -2.36. The Labute approximate surface area is 98.2 Å². The molecule has 1 heterocycles. The molecule has 0 N–H and O–H groups in total. The maximum Gasteiger partial charge on any atom is 0.0508 e. The van der Waals surface area contributed by atoms with Crippen LogP contribution >= 0.6 is 0 Å². The van der Waals surface area contributed by atoms with Crippen LogP contribution in [-0.2, 0) is 4.74 Å². The smallest absolute Gasteiger partial charge is 0.0508 e. The molecule has 0 radical (unpaired) electrons. The lowest BCUT2D eigenvalue weighted by Crippen LogP contribution is -2.39. The van der Waals surface area contributed by atoms with E-state index in [1.807, 2.05) is 0 Å². The third-order valence-corrected chi connectivity index (χ3v) is 3.55. The molecule has 1 aromatic carbocycles. The predicted molar refractivity (Wildman–Crippen MR) is 66.7 cm³/mol. The van der Waals surface area contributed by atoms with Crippen molar-refractivity contribution in [3.8, 4) is 0 Å². The third kappa shape index (κ3) is 2.63. The van der Waals surface area contributed by atoms with Crippen molar-refractivity contribution < 1.29 is 4.74 Å². The molecule has 88 valence electrons. The molecule has 0 bridgehead atoms. The Morgan fingerprint density at radius 3 is 2.75 bits per heavy atom. The van der Waals surface area contributed by atoms with Crippen LogP contribution in [0.2, 0.25) is 0 Å². The maximum atomic E-state index is 5.35. The minimum Gasteiger partial charge on any atom is -0.384 e. The Morgan fingerprint density at radius 1 is 1.31 bits per heavy atom. The number of rotatable bonds is 3. The maximum absolute atomic E-state index is 5.35. The number of piperidine rings is 1. The van der Waals surface area contributed by atoms with Gasteiger partial charge in [0.25, 0.3) is 0 Å². The molecule has 0 unspecified atom stereocenters. The first-order chi connectivity index (χ1) is 7.81. The second-order valence-electron chi connectivity index (χ2n) is 4.78. The van der Waals surface area contributed by atoms with Crippen LogP contribution in [0, 0.1) is 5.92 Å². The molecular weight excluding hydrogens is 198 g/mol. The fourth-order valence-corrected chi connectivity index (χ4v) is 2.74. The Balaban J connectivity index is 2.12. The molecule has 2 atom stereocenters. The monoisotopic (exact) mass is 219 g/mol. The van der Waals surface area contributed by atoms with Gasteiger partial charge in [0.2, 0.25) is 0 Å². The van der Waals surface area contributed by atoms with Crippen LogP contribution in [0.1, 0.15) is 17.9 Å². The van der Waals surface area contributed by atoms with Gasteiger partial charge in [0.05, 0.1) is 6.61 Å². The lowest BCUT2D eigenvalue weighted by molar-refractivity contribution is 0.0867. The van der Waals surface area contributed by atoms with Crippen LogP contribution in [0.25, 0.3) is 0 Å². The summed E-state index contributed by atoms with van der Waals surface area (Å²) in [4.78, 5) is 2.41. The fraction of sp³-hybridized carbons (Fsp3) is 0.571. The lowest BCUT2D eigenvalue weighted by atomic mass is 9.81. The van der Waals surface area contributed by atoms with E-state index in [2.05, 4.69) is 42.3 Å². The Morgan fingerprint density at radius 2 is 2.06 bits per heavy atom. The second-order valence-corrected chi connectivity index (χ2v) is 4.78. The third-order valence-electron chi connectivity index (χ3n) is 3.55. The first-order valence-corrected chi connectivity index (χ1v) is 6.03. The SMILES string of the molecule is COC[C@H]1CN(C)CC[C@@H]1c1ccccc1. The highest BCUT2D eigenvalue weighted by Gasteiger charge is 2.28. The average Bonchev–Trinajstić information content (AvgIpc) is 2.31. The van der Waals surface area contributed by atoms with Gasteiger partial charge in [-0.15, -0.1) is 0 Å². The standard InChI is InChI=1S/C14H21NO/c1-15-9-8-14(13(10-15)11-16-2)12-6-4-3-5-7-12/h3-7,13-14H,8-11H2,1-2H3/t13-,14-/m1/s1. The van der Waals surface area contributed by atoms with Crippen molar-refractivity contribution in [2.45, 2.75) is 12.3 Å². The summed E-state index contributed by atoms with van der Waals surface area (Å²) < 4.78 is 5.35. The largest absolute Gasteiger partial charge is 0.384 e. The Bertz CT molecular complexity index is 312. The summed E-state index contributed by atoms with van der Waals surface area (Å²) in [5.41, 5.74) is 1.47. The summed E-state index contributed by atoms with van der Waals surface area (Å²) in [5.74, 6) is 1.29. The van der Waals surface area contributed by atoms with Crippen molar-refractivity contribution in [3.05, 3.63) is 35.9 Å². The van der Waals surface area contributed by atoms with Crippen molar-refractivity contribution >= 4 is 0 Å². The van der Waals surface area contributed by atoms with E-state index in [1.165, 1.54) is 18.5 Å². The molecule has 1 fully saturated rings. The van der Waals surface area contributed by atoms with Gasteiger partial charge in [0.15, 0.2) is 0 Å². The van der Waals surface area contributed by atoms with E-state index in [9.17, 15) is 0 Å². The number of benzene rings is 1. The summed E-state index contributed by atoms with van der Waals surface area (Å²) >= 11 is 0. The molecule has 2 rings (SSSR count). The summed E-state index contributed by atoms with van der Waals surface area (Å²) in [6.07, 6.45) is 1.24. The zero-order valence-corrected chi connectivity index (χ0v) is 10.2. The van der Waals surface area contributed by atoms with E-state index in [0.29, 0.717) is 11.8 Å². The molecule has 16 heavy (non-hydrogen) atoms. The molecular formula is C14H21NO. The van der Waals surface area contributed by atoms with Crippen LogP contribution < -0.4 is 0 Å². The van der Waals surface area contributed by atoms with Gasteiger partial charge in [-0.2, -0.15) is 0 Å². The summed E-state index contributed by atoms with van der Waals surface area (Å²) in [5, 5.41) is 0. The molecule has 0 amide bonds. The fourth-order valence-electron chi connectivity index (χ4n) is 2.74. The van der Waals surface area contributed by atoms with Crippen LogP contribution in [0.4, 0.5) is 0 Å². The number of hydrogen-bond donors (Lipinski definition) is 0. The van der Waals surface area contributed by atoms with Gasteiger partial charge in [-0.05, 0) is 31.5 Å². The minimum atomic E-state index is 0.631. The quantitative estimate of drug-likeness (QED) is 0.774. The number of hydrogen-bond acceptors (Lipinski definition) is 2. The van der Waals surface area contributed by atoms with Crippen molar-refractivity contribution in [1.29, 1.82) is 0 Å². The highest BCUT2D eigenvalue weighted by Crippen LogP contribution is 2.32. The van der Waals surface area contributed by atoms with Crippen LogP contribution in [0.15, 0.2) is 30.3 Å².